The monoisotopic (exact) mass is 335 g/mol. The molecule has 1 aliphatic rings. The number of unbranched alkanes of at least 4 members (excludes halogenated alkanes) is 2. The number of nitrogens with one attached hydrogen (secondary N) is 2. The minimum Gasteiger partial charge on any atom is -0.454 e. The van der Waals surface area contributed by atoms with Crippen LogP contribution in [-0.4, -0.2) is 42.9 Å². The zero-order valence-corrected chi connectivity index (χ0v) is 14.6. The first-order chi connectivity index (χ1) is 11.6. The molecule has 1 aliphatic heterocycles. The molecule has 0 unspecified atom stereocenters. The van der Waals surface area contributed by atoms with Crippen molar-refractivity contribution in [3.8, 4) is 0 Å². The molecule has 2 N–H and O–H groups in total. The number of nitrogens with zero attached hydrogens (tertiary/aromatic N) is 1. The highest BCUT2D eigenvalue weighted by Gasteiger charge is 2.11. The molecule has 1 fully saturated rings. The Morgan fingerprint density at radius 1 is 1.08 bits per heavy atom. The van der Waals surface area contributed by atoms with Crippen LogP contribution in [0.15, 0.2) is 16.5 Å². The van der Waals surface area contributed by atoms with E-state index in [2.05, 4.69) is 15.5 Å². The van der Waals surface area contributed by atoms with Gasteiger partial charge in [0.2, 0.25) is 5.91 Å². The van der Waals surface area contributed by atoms with Gasteiger partial charge in [0, 0.05) is 13.5 Å². The molecule has 0 saturated carbocycles. The molecule has 0 radical (unpaired) electrons. The van der Waals surface area contributed by atoms with Gasteiger partial charge >= 0.3 is 0 Å². The Labute approximate surface area is 144 Å². The largest absolute Gasteiger partial charge is 0.454 e. The Morgan fingerprint density at radius 3 is 2.62 bits per heavy atom. The van der Waals surface area contributed by atoms with E-state index in [0.29, 0.717) is 24.6 Å². The maximum Gasteiger partial charge on any atom is 0.286 e. The molecule has 0 atom stereocenters. The van der Waals surface area contributed by atoms with Crippen molar-refractivity contribution in [1.82, 2.24) is 15.5 Å². The molecule has 1 saturated heterocycles. The number of likely N-dealkylation sites (tertiary alicyclic amines) is 1. The zero-order chi connectivity index (χ0) is 17.2. The fraction of sp³-hybridized carbons (Fsp3) is 0.667. The van der Waals surface area contributed by atoms with Crippen LogP contribution in [0, 0.1) is 0 Å². The summed E-state index contributed by atoms with van der Waals surface area (Å²) in [6.07, 6.45) is 7.35. The number of carbonyl (C=O) groups is 2. The van der Waals surface area contributed by atoms with Crippen molar-refractivity contribution in [2.45, 2.75) is 52.0 Å². The molecule has 1 aromatic rings. The van der Waals surface area contributed by atoms with Gasteiger partial charge in [-0.3, -0.25) is 9.59 Å². The first-order valence-electron chi connectivity index (χ1n) is 8.99. The molecule has 1 aromatic heterocycles. The second-order valence-electron chi connectivity index (χ2n) is 6.39. The van der Waals surface area contributed by atoms with Crippen LogP contribution in [0.4, 0.5) is 0 Å². The van der Waals surface area contributed by atoms with Crippen LogP contribution in [0.5, 0.6) is 0 Å². The third kappa shape index (κ3) is 6.74. The average molecular weight is 335 g/mol. The zero-order valence-electron chi connectivity index (χ0n) is 14.6. The number of amides is 2. The molecular weight excluding hydrogens is 306 g/mol. The lowest BCUT2D eigenvalue weighted by molar-refractivity contribution is -0.119. The second-order valence-corrected chi connectivity index (χ2v) is 6.39. The highest BCUT2D eigenvalue weighted by atomic mass is 16.4. The fourth-order valence-electron chi connectivity index (χ4n) is 2.92. The van der Waals surface area contributed by atoms with Gasteiger partial charge in [-0.15, -0.1) is 0 Å². The van der Waals surface area contributed by atoms with Gasteiger partial charge in [-0.25, -0.2) is 0 Å². The summed E-state index contributed by atoms with van der Waals surface area (Å²) in [5, 5.41) is 5.52. The summed E-state index contributed by atoms with van der Waals surface area (Å²) < 4.78 is 5.42. The summed E-state index contributed by atoms with van der Waals surface area (Å²) in [4.78, 5) is 25.4. The van der Waals surface area contributed by atoms with Gasteiger partial charge in [-0.2, -0.15) is 0 Å². The van der Waals surface area contributed by atoms with E-state index in [4.69, 9.17) is 4.42 Å². The number of rotatable bonds is 9. The molecule has 134 valence electrons. The van der Waals surface area contributed by atoms with E-state index in [1.54, 1.807) is 12.1 Å². The quantitative estimate of drug-likeness (QED) is 0.679. The Kier molecular flexibility index (Phi) is 7.82. The van der Waals surface area contributed by atoms with E-state index in [-0.39, 0.29) is 11.8 Å². The number of carbonyl (C=O) groups excluding carboxylic acids is 2. The molecule has 0 bridgehead atoms. The summed E-state index contributed by atoms with van der Waals surface area (Å²) in [6.45, 7) is 6.09. The van der Waals surface area contributed by atoms with Crippen LogP contribution < -0.4 is 10.6 Å². The molecule has 24 heavy (non-hydrogen) atoms. The minimum absolute atomic E-state index is 0.123. The topological polar surface area (TPSA) is 74.6 Å². The molecule has 2 amide bonds. The lowest BCUT2D eigenvalue weighted by Crippen LogP contribution is -2.30. The standard InChI is InChI=1S/C18H29N3O3/c1-15(22)20-14-16-8-9-17(24-16)18(23)19-10-4-2-5-11-21-12-6-3-7-13-21/h8-9H,2-7,10-14H2,1H3,(H,19,23)(H,20,22). The van der Waals surface area contributed by atoms with Crippen molar-refractivity contribution in [1.29, 1.82) is 0 Å². The summed E-state index contributed by atoms with van der Waals surface area (Å²) in [6, 6.07) is 3.35. The number of furan rings is 1. The highest BCUT2D eigenvalue weighted by Crippen LogP contribution is 2.10. The molecule has 0 aliphatic carbocycles. The predicted molar refractivity (Wildman–Crippen MR) is 92.7 cm³/mol. The van der Waals surface area contributed by atoms with Gasteiger partial charge in [-0.05, 0) is 57.5 Å². The Hall–Kier alpha value is -1.82. The molecule has 2 rings (SSSR count). The summed E-state index contributed by atoms with van der Waals surface area (Å²) in [5.74, 6) is 0.558. The van der Waals surface area contributed by atoms with Crippen LogP contribution >= 0.6 is 0 Å². The van der Waals surface area contributed by atoms with Crippen LogP contribution in [-0.2, 0) is 11.3 Å². The number of hydrogen-bond donors (Lipinski definition) is 2. The second kappa shape index (κ2) is 10.1. The van der Waals surface area contributed by atoms with E-state index in [9.17, 15) is 9.59 Å². The summed E-state index contributed by atoms with van der Waals surface area (Å²) in [7, 11) is 0. The lowest BCUT2D eigenvalue weighted by Gasteiger charge is -2.26. The smallest absolute Gasteiger partial charge is 0.286 e. The van der Waals surface area contributed by atoms with Crippen molar-refractivity contribution in [3.05, 3.63) is 23.7 Å². The fourth-order valence-corrected chi connectivity index (χ4v) is 2.92. The predicted octanol–water partition coefficient (Wildman–Crippen LogP) is 2.30. The molecular formula is C18H29N3O3. The Morgan fingerprint density at radius 2 is 1.88 bits per heavy atom. The van der Waals surface area contributed by atoms with Crippen LogP contribution in [0.3, 0.4) is 0 Å². The van der Waals surface area contributed by atoms with Crippen molar-refractivity contribution in [3.63, 3.8) is 0 Å². The number of piperidine rings is 1. The van der Waals surface area contributed by atoms with Crippen molar-refractivity contribution in [2.24, 2.45) is 0 Å². The molecule has 0 aromatic carbocycles. The van der Waals surface area contributed by atoms with Crippen LogP contribution in [0.2, 0.25) is 0 Å². The first kappa shape index (κ1) is 18.5. The van der Waals surface area contributed by atoms with Crippen molar-refractivity contribution < 1.29 is 14.0 Å². The third-order valence-electron chi connectivity index (χ3n) is 4.28. The molecule has 0 spiro atoms. The van der Waals surface area contributed by atoms with E-state index >= 15 is 0 Å². The van der Waals surface area contributed by atoms with Crippen LogP contribution in [0.1, 0.15) is 61.8 Å². The van der Waals surface area contributed by atoms with Gasteiger partial charge in [0.25, 0.3) is 5.91 Å². The summed E-state index contributed by atoms with van der Waals surface area (Å²) in [5.41, 5.74) is 0. The van der Waals surface area contributed by atoms with E-state index in [0.717, 1.165) is 12.8 Å². The summed E-state index contributed by atoms with van der Waals surface area (Å²) >= 11 is 0. The average Bonchev–Trinajstić information content (AvgIpc) is 3.06. The highest BCUT2D eigenvalue weighted by molar-refractivity contribution is 5.91. The maximum atomic E-state index is 12.0. The molecule has 6 nitrogen and oxygen atoms in total. The van der Waals surface area contributed by atoms with Crippen molar-refractivity contribution >= 4 is 11.8 Å². The van der Waals surface area contributed by atoms with Gasteiger partial charge in [0.15, 0.2) is 5.76 Å². The normalized spacial score (nSPS) is 15.2. The Bertz CT molecular complexity index is 521. The lowest BCUT2D eigenvalue weighted by atomic mass is 10.1. The van der Waals surface area contributed by atoms with E-state index < -0.39 is 0 Å². The van der Waals surface area contributed by atoms with Crippen LogP contribution in [0.25, 0.3) is 0 Å². The molecule has 2 heterocycles. The van der Waals surface area contributed by atoms with Gasteiger partial charge in [0.1, 0.15) is 5.76 Å². The van der Waals surface area contributed by atoms with E-state index in [1.165, 1.54) is 52.2 Å². The third-order valence-corrected chi connectivity index (χ3v) is 4.28. The first-order valence-corrected chi connectivity index (χ1v) is 8.99. The maximum absolute atomic E-state index is 12.0. The minimum atomic E-state index is -0.194. The molecule has 6 heteroatoms. The van der Waals surface area contributed by atoms with Crippen molar-refractivity contribution in [2.75, 3.05) is 26.2 Å². The number of hydrogen-bond acceptors (Lipinski definition) is 4. The van der Waals surface area contributed by atoms with Gasteiger partial charge in [-0.1, -0.05) is 12.8 Å². The SMILES string of the molecule is CC(=O)NCc1ccc(C(=O)NCCCCCN2CCCCC2)o1. The Balaban J connectivity index is 1.55. The van der Waals surface area contributed by atoms with E-state index in [1.807, 2.05) is 0 Å². The van der Waals surface area contributed by atoms with Gasteiger partial charge < -0.3 is 20.0 Å². The van der Waals surface area contributed by atoms with Gasteiger partial charge in [0.05, 0.1) is 6.54 Å².